The third-order valence-electron chi connectivity index (χ3n) is 6.42. The molecule has 0 spiro atoms. The van der Waals surface area contributed by atoms with Crippen molar-refractivity contribution in [2.45, 2.75) is 45.3 Å². The van der Waals surface area contributed by atoms with E-state index in [0.717, 1.165) is 29.9 Å². The van der Waals surface area contributed by atoms with Crippen LogP contribution < -0.4 is 21.4 Å². The summed E-state index contributed by atoms with van der Waals surface area (Å²) in [5.74, 6) is 6.66. The Morgan fingerprint density at radius 2 is 2.04 bits per heavy atom. The second-order valence-corrected chi connectivity index (χ2v) is 8.59. The van der Waals surface area contributed by atoms with E-state index in [9.17, 15) is 0 Å². The molecule has 3 atom stereocenters. The highest BCUT2D eigenvalue weighted by Gasteiger charge is 2.39. The zero-order chi connectivity index (χ0) is 19.3. The Balaban J connectivity index is 1.67. The number of rotatable bonds is 5. The van der Waals surface area contributed by atoms with Gasteiger partial charge in [-0.15, -0.1) is 0 Å². The molecular weight excluding hydrogens is 345 g/mol. The molecule has 27 heavy (non-hydrogen) atoms. The normalized spacial score (nSPS) is 27.2. The van der Waals surface area contributed by atoms with Gasteiger partial charge in [-0.1, -0.05) is 6.92 Å². The highest BCUT2D eigenvalue weighted by atomic mass is 19.1. The lowest BCUT2D eigenvalue weighted by atomic mass is 9.91. The minimum absolute atomic E-state index is 0.0234. The van der Waals surface area contributed by atoms with Gasteiger partial charge in [0.15, 0.2) is 0 Å². The van der Waals surface area contributed by atoms with Crippen LogP contribution in [0.15, 0.2) is 6.07 Å². The largest absolute Gasteiger partial charge is 0.383 e. The van der Waals surface area contributed by atoms with Gasteiger partial charge in [-0.25, -0.2) is 9.40 Å². The van der Waals surface area contributed by atoms with Crippen LogP contribution in [0.3, 0.4) is 0 Å². The topological polar surface area (TPSA) is 71.0 Å². The molecule has 4 rings (SSSR count). The van der Waals surface area contributed by atoms with Gasteiger partial charge in [0.25, 0.3) is 0 Å². The quantitative estimate of drug-likeness (QED) is 0.763. The van der Waals surface area contributed by atoms with Crippen LogP contribution in [-0.4, -0.2) is 50.6 Å². The number of benzene rings is 1. The molecule has 0 radical (unpaired) electrons. The summed E-state index contributed by atoms with van der Waals surface area (Å²) in [5, 5.41) is 1.77. The van der Waals surface area contributed by atoms with Crippen molar-refractivity contribution in [1.82, 2.24) is 5.01 Å². The first kappa shape index (κ1) is 18.9. The SMILES string of the molecule is COC[C@@H](N)[C@H]1CN(c2c(F)cc3c(c2C)N(C2CC2)CN(N)C3)C[C@@H]1C. The monoisotopic (exact) mass is 377 g/mol. The summed E-state index contributed by atoms with van der Waals surface area (Å²) in [4.78, 5) is 4.56. The molecule has 0 amide bonds. The number of halogens is 1. The number of hydrogen-bond donors (Lipinski definition) is 2. The average molecular weight is 378 g/mol. The van der Waals surface area contributed by atoms with Crippen LogP contribution in [0.2, 0.25) is 0 Å². The third-order valence-corrected chi connectivity index (χ3v) is 6.42. The van der Waals surface area contributed by atoms with Crippen LogP contribution in [0.5, 0.6) is 0 Å². The lowest BCUT2D eigenvalue weighted by Crippen LogP contribution is -2.47. The summed E-state index contributed by atoms with van der Waals surface area (Å²) in [6.07, 6.45) is 2.38. The summed E-state index contributed by atoms with van der Waals surface area (Å²) >= 11 is 0. The molecule has 6 nitrogen and oxygen atoms in total. The van der Waals surface area contributed by atoms with Gasteiger partial charge < -0.3 is 20.3 Å². The van der Waals surface area contributed by atoms with E-state index in [0.29, 0.717) is 37.7 Å². The van der Waals surface area contributed by atoms with Crippen molar-refractivity contribution >= 4 is 11.4 Å². The summed E-state index contributed by atoms with van der Waals surface area (Å²) in [5.41, 5.74) is 10.3. The maximum Gasteiger partial charge on any atom is 0.147 e. The Kier molecular flexibility index (Phi) is 5.05. The number of methoxy groups -OCH3 is 1. The van der Waals surface area contributed by atoms with E-state index in [1.165, 1.54) is 18.5 Å². The molecule has 4 N–H and O–H groups in total. The zero-order valence-corrected chi connectivity index (χ0v) is 16.6. The summed E-state index contributed by atoms with van der Waals surface area (Å²) < 4.78 is 20.4. The van der Waals surface area contributed by atoms with Crippen LogP contribution in [0.4, 0.5) is 15.8 Å². The predicted molar refractivity (Wildman–Crippen MR) is 106 cm³/mol. The molecule has 2 aliphatic heterocycles. The van der Waals surface area contributed by atoms with Crippen molar-refractivity contribution in [1.29, 1.82) is 0 Å². The van der Waals surface area contributed by atoms with Crippen molar-refractivity contribution in [3.8, 4) is 0 Å². The van der Waals surface area contributed by atoms with E-state index in [1.54, 1.807) is 18.2 Å². The van der Waals surface area contributed by atoms with Crippen LogP contribution in [0, 0.1) is 24.6 Å². The number of nitrogens with zero attached hydrogens (tertiary/aromatic N) is 3. The van der Waals surface area contributed by atoms with Crippen LogP contribution in [0.25, 0.3) is 0 Å². The summed E-state index contributed by atoms with van der Waals surface area (Å²) in [7, 11) is 1.68. The Labute approximate surface area is 161 Å². The average Bonchev–Trinajstić information content (AvgIpc) is 3.37. The van der Waals surface area contributed by atoms with Crippen LogP contribution >= 0.6 is 0 Å². The van der Waals surface area contributed by atoms with E-state index < -0.39 is 0 Å². The van der Waals surface area contributed by atoms with Gasteiger partial charge in [-0.05, 0) is 48.8 Å². The molecule has 0 aromatic heterocycles. The number of anilines is 2. The number of fused-ring (bicyclic) bond motifs is 1. The van der Waals surface area contributed by atoms with Crippen molar-refractivity contribution in [2.75, 3.05) is 43.3 Å². The maximum absolute atomic E-state index is 15.2. The minimum Gasteiger partial charge on any atom is -0.383 e. The van der Waals surface area contributed by atoms with Crippen LogP contribution in [-0.2, 0) is 11.3 Å². The van der Waals surface area contributed by atoms with Crippen LogP contribution in [0.1, 0.15) is 30.9 Å². The highest BCUT2D eigenvalue weighted by Crippen LogP contribution is 2.44. The van der Waals surface area contributed by atoms with Gasteiger partial charge in [0.2, 0.25) is 0 Å². The molecule has 1 saturated heterocycles. The van der Waals surface area contributed by atoms with Crippen molar-refractivity contribution in [3.05, 3.63) is 23.0 Å². The van der Waals surface area contributed by atoms with Gasteiger partial charge in [0, 0.05) is 44.5 Å². The number of nitrogens with two attached hydrogens (primary N) is 2. The number of hydrazine groups is 1. The Hall–Kier alpha value is -1.41. The molecule has 1 aliphatic carbocycles. The molecule has 1 aromatic rings. The molecule has 1 saturated carbocycles. The summed E-state index contributed by atoms with van der Waals surface area (Å²) in [6.45, 7) is 7.70. The lowest BCUT2D eigenvalue weighted by Gasteiger charge is -2.39. The molecule has 0 bridgehead atoms. The Morgan fingerprint density at radius 1 is 1.30 bits per heavy atom. The lowest BCUT2D eigenvalue weighted by molar-refractivity contribution is 0.152. The van der Waals surface area contributed by atoms with E-state index in [1.807, 2.05) is 0 Å². The highest BCUT2D eigenvalue weighted by molar-refractivity contribution is 5.73. The smallest absolute Gasteiger partial charge is 0.147 e. The first-order valence-corrected chi connectivity index (χ1v) is 9.98. The molecule has 7 heteroatoms. The van der Waals surface area contributed by atoms with Gasteiger partial charge >= 0.3 is 0 Å². The van der Waals surface area contributed by atoms with E-state index >= 15 is 4.39 Å². The van der Waals surface area contributed by atoms with Gasteiger partial charge in [-0.3, -0.25) is 5.84 Å². The van der Waals surface area contributed by atoms with Crippen molar-refractivity contribution < 1.29 is 9.13 Å². The Morgan fingerprint density at radius 3 is 2.70 bits per heavy atom. The van der Waals surface area contributed by atoms with Crippen molar-refractivity contribution in [2.24, 2.45) is 23.4 Å². The molecule has 1 aromatic carbocycles. The first-order valence-electron chi connectivity index (χ1n) is 9.98. The van der Waals surface area contributed by atoms with E-state index in [4.69, 9.17) is 16.3 Å². The van der Waals surface area contributed by atoms with Crippen molar-refractivity contribution in [3.63, 3.8) is 0 Å². The van der Waals surface area contributed by atoms with Gasteiger partial charge in [-0.2, -0.15) is 0 Å². The third kappa shape index (κ3) is 3.42. The first-order chi connectivity index (χ1) is 12.9. The van der Waals surface area contributed by atoms with Gasteiger partial charge in [0.1, 0.15) is 5.82 Å². The van der Waals surface area contributed by atoms with E-state index in [-0.39, 0.29) is 11.9 Å². The fourth-order valence-electron chi connectivity index (χ4n) is 5.00. The van der Waals surface area contributed by atoms with Gasteiger partial charge in [0.05, 0.1) is 19.0 Å². The molecule has 2 fully saturated rings. The summed E-state index contributed by atoms with van der Waals surface area (Å²) in [6, 6.07) is 2.20. The predicted octanol–water partition coefficient (Wildman–Crippen LogP) is 1.80. The molecular formula is C20H32FN5O. The fourth-order valence-corrected chi connectivity index (χ4v) is 5.00. The second-order valence-electron chi connectivity index (χ2n) is 8.59. The standard InChI is InChI=1S/C20H32FN5O/c1-12-7-24(9-16(12)18(22)10-27-3)20-13(2)19-14(6-17(20)21)8-25(23)11-26(19)15-4-5-15/h6,12,15-16,18H,4-5,7-11,22-23H2,1-3H3/t12-,16-,18+/m0/s1. The van der Waals surface area contributed by atoms with E-state index in [2.05, 4.69) is 23.6 Å². The zero-order valence-electron chi connectivity index (χ0n) is 16.6. The second kappa shape index (κ2) is 7.20. The maximum atomic E-state index is 15.2. The number of hydrogen-bond acceptors (Lipinski definition) is 6. The molecule has 3 aliphatic rings. The molecule has 150 valence electrons. The fraction of sp³-hybridized carbons (Fsp3) is 0.700. The minimum atomic E-state index is -0.148. The Bertz CT molecular complexity index is 710. The molecule has 0 unspecified atom stereocenters. The molecule has 2 heterocycles. The number of ether oxygens (including phenoxy) is 1.